The van der Waals surface area contributed by atoms with Gasteiger partial charge >= 0.3 is 0 Å². The number of nitrogens with zero attached hydrogens (tertiary/aromatic N) is 6. The van der Waals surface area contributed by atoms with Gasteiger partial charge in [-0.2, -0.15) is 5.26 Å². The van der Waals surface area contributed by atoms with Crippen LogP contribution in [0.3, 0.4) is 0 Å². The van der Waals surface area contributed by atoms with Crippen LogP contribution in [0.5, 0.6) is 0 Å². The zero-order chi connectivity index (χ0) is 18.8. The van der Waals surface area contributed by atoms with E-state index in [0.717, 1.165) is 22.2 Å². The van der Waals surface area contributed by atoms with Gasteiger partial charge in [0.15, 0.2) is 0 Å². The Morgan fingerprint density at radius 2 is 2.00 bits per heavy atom. The fraction of sp³-hybridized carbons (Fsp3) is 0.150. The Hall–Kier alpha value is -3.79. The molecular formula is C20H17N7. The molecular weight excluding hydrogens is 338 g/mol. The highest BCUT2D eigenvalue weighted by Gasteiger charge is 2.14. The van der Waals surface area contributed by atoms with Gasteiger partial charge in [-0.3, -0.25) is 9.97 Å². The van der Waals surface area contributed by atoms with Gasteiger partial charge in [0, 0.05) is 41.8 Å². The van der Waals surface area contributed by atoms with Crippen LogP contribution in [0.15, 0.2) is 55.4 Å². The molecule has 4 rings (SSSR count). The molecule has 0 bridgehead atoms. The molecule has 1 N–H and O–H groups in total. The second-order valence-corrected chi connectivity index (χ2v) is 6.40. The van der Waals surface area contributed by atoms with Crippen molar-refractivity contribution in [1.82, 2.24) is 24.5 Å². The molecule has 0 radical (unpaired) electrons. The summed E-state index contributed by atoms with van der Waals surface area (Å²) in [6, 6.07) is 7.97. The lowest BCUT2D eigenvalue weighted by Crippen LogP contribution is -1.99. The first-order valence-corrected chi connectivity index (χ1v) is 8.56. The van der Waals surface area contributed by atoms with Crippen molar-refractivity contribution < 1.29 is 0 Å². The van der Waals surface area contributed by atoms with Gasteiger partial charge in [0.05, 0.1) is 34.9 Å². The van der Waals surface area contributed by atoms with Crippen molar-refractivity contribution in [2.75, 3.05) is 5.32 Å². The maximum atomic E-state index is 9.01. The molecule has 0 fully saturated rings. The molecule has 0 saturated heterocycles. The maximum absolute atomic E-state index is 9.01. The number of hydrogen-bond acceptors (Lipinski definition) is 6. The predicted molar refractivity (Wildman–Crippen MR) is 103 cm³/mol. The normalized spacial score (nSPS) is 10.9. The first-order valence-electron chi connectivity index (χ1n) is 8.56. The van der Waals surface area contributed by atoms with E-state index in [1.54, 1.807) is 24.7 Å². The van der Waals surface area contributed by atoms with Crippen LogP contribution in [0.25, 0.3) is 22.2 Å². The van der Waals surface area contributed by atoms with E-state index in [1.807, 2.05) is 18.3 Å². The summed E-state index contributed by atoms with van der Waals surface area (Å²) in [4.78, 5) is 17.2. The topological polar surface area (TPSA) is 92.3 Å². The van der Waals surface area contributed by atoms with E-state index >= 15 is 0 Å². The molecule has 4 heterocycles. The van der Waals surface area contributed by atoms with E-state index in [9.17, 15) is 0 Å². The van der Waals surface area contributed by atoms with Gasteiger partial charge in [-0.15, -0.1) is 0 Å². The molecule has 0 amide bonds. The summed E-state index contributed by atoms with van der Waals surface area (Å²) >= 11 is 0. The third-order valence-electron chi connectivity index (χ3n) is 4.25. The lowest BCUT2D eigenvalue weighted by molar-refractivity contribution is 0.622. The lowest BCUT2D eigenvalue weighted by atomic mass is 10.1. The first kappa shape index (κ1) is 16.7. The second-order valence-electron chi connectivity index (χ2n) is 6.40. The van der Waals surface area contributed by atoms with Gasteiger partial charge in [-0.25, -0.2) is 9.97 Å². The first-order chi connectivity index (χ1) is 13.2. The van der Waals surface area contributed by atoms with Crippen molar-refractivity contribution in [3.63, 3.8) is 0 Å². The molecule has 0 aliphatic heterocycles. The van der Waals surface area contributed by atoms with Gasteiger partial charge in [-0.05, 0) is 32.0 Å². The van der Waals surface area contributed by atoms with E-state index in [1.165, 1.54) is 6.20 Å². The Bertz CT molecular complexity index is 1150. The van der Waals surface area contributed by atoms with Crippen LogP contribution in [0, 0.1) is 11.3 Å². The molecule has 7 heteroatoms. The highest BCUT2D eigenvalue weighted by atomic mass is 15.1. The fourth-order valence-electron chi connectivity index (χ4n) is 3.00. The van der Waals surface area contributed by atoms with Crippen LogP contribution in [0.4, 0.5) is 11.6 Å². The smallest absolute Gasteiger partial charge is 0.227 e. The van der Waals surface area contributed by atoms with E-state index in [0.29, 0.717) is 23.2 Å². The van der Waals surface area contributed by atoms with Crippen LogP contribution < -0.4 is 5.32 Å². The summed E-state index contributed by atoms with van der Waals surface area (Å²) in [6.45, 7) is 4.27. The van der Waals surface area contributed by atoms with Gasteiger partial charge in [0.2, 0.25) is 5.95 Å². The highest BCUT2D eigenvalue weighted by molar-refractivity contribution is 5.94. The third-order valence-corrected chi connectivity index (χ3v) is 4.25. The maximum Gasteiger partial charge on any atom is 0.227 e. The van der Waals surface area contributed by atoms with Gasteiger partial charge in [0.1, 0.15) is 6.07 Å². The number of nitrogens with one attached hydrogen (secondary N) is 1. The SMILES string of the molecule is CC(C)n1cc(-c2ccnc(Nc3cncc(C#N)c3)n2)c2ccncc21. The minimum Gasteiger partial charge on any atom is -0.343 e. The molecule has 4 aromatic heterocycles. The van der Waals surface area contributed by atoms with Crippen molar-refractivity contribution in [2.24, 2.45) is 0 Å². The van der Waals surface area contributed by atoms with E-state index in [2.05, 4.69) is 55.9 Å². The predicted octanol–water partition coefficient (Wildman–Crippen LogP) is 4.08. The van der Waals surface area contributed by atoms with Gasteiger partial charge in [-0.1, -0.05) is 0 Å². The van der Waals surface area contributed by atoms with Crippen LogP contribution in [-0.4, -0.2) is 24.5 Å². The molecule has 0 aromatic carbocycles. The molecule has 0 spiro atoms. The third kappa shape index (κ3) is 3.20. The number of anilines is 2. The van der Waals surface area contributed by atoms with Crippen molar-refractivity contribution in [3.05, 3.63) is 60.9 Å². The number of rotatable bonds is 4. The Labute approximate surface area is 156 Å². The Morgan fingerprint density at radius 3 is 2.81 bits per heavy atom. The van der Waals surface area contributed by atoms with E-state index in [4.69, 9.17) is 5.26 Å². The monoisotopic (exact) mass is 355 g/mol. The van der Waals surface area contributed by atoms with Gasteiger partial charge < -0.3 is 9.88 Å². The molecule has 4 aromatic rings. The van der Waals surface area contributed by atoms with Crippen molar-refractivity contribution in [1.29, 1.82) is 5.26 Å². The molecule has 0 aliphatic rings. The average Bonchev–Trinajstić information content (AvgIpc) is 3.08. The summed E-state index contributed by atoms with van der Waals surface area (Å²) in [5, 5.41) is 13.2. The number of aromatic nitrogens is 5. The standard InChI is InChI=1S/C20H17N7/c1-13(2)27-12-17(16-3-5-22-11-19(16)27)18-4-6-24-20(26-18)25-15-7-14(8-21)9-23-10-15/h3-7,9-13H,1-2H3,(H,24,25,26). The van der Waals surface area contributed by atoms with Crippen molar-refractivity contribution >= 4 is 22.5 Å². The minimum absolute atomic E-state index is 0.310. The molecule has 0 saturated carbocycles. The van der Waals surface area contributed by atoms with Crippen LogP contribution in [0.1, 0.15) is 25.5 Å². The number of hydrogen-bond donors (Lipinski definition) is 1. The van der Waals surface area contributed by atoms with E-state index < -0.39 is 0 Å². The quantitative estimate of drug-likeness (QED) is 0.593. The fourth-order valence-corrected chi connectivity index (χ4v) is 3.00. The molecule has 27 heavy (non-hydrogen) atoms. The zero-order valence-corrected chi connectivity index (χ0v) is 15.0. The highest BCUT2D eigenvalue weighted by Crippen LogP contribution is 2.31. The van der Waals surface area contributed by atoms with Crippen molar-refractivity contribution in [3.8, 4) is 17.3 Å². The Morgan fingerprint density at radius 1 is 1.11 bits per heavy atom. The van der Waals surface area contributed by atoms with E-state index in [-0.39, 0.29) is 0 Å². The summed E-state index contributed by atoms with van der Waals surface area (Å²) in [7, 11) is 0. The van der Waals surface area contributed by atoms with Crippen molar-refractivity contribution in [2.45, 2.75) is 19.9 Å². The lowest BCUT2D eigenvalue weighted by Gasteiger charge is -2.08. The molecule has 0 aliphatic carbocycles. The summed E-state index contributed by atoms with van der Waals surface area (Å²) < 4.78 is 2.19. The summed E-state index contributed by atoms with van der Waals surface area (Å²) in [5.41, 5.74) is 4.05. The second kappa shape index (κ2) is 6.84. The zero-order valence-electron chi connectivity index (χ0n) is 15.0. The number of nitriles is 1. The Balaban J connectivity index is 1.75. The average molecular weight is 355 g/mol. The van der Waals surface area contributed by atoms with Crippen LogP contribution in [-0.2, 0) is 0 Å². The molecule has 0 atom stereocenters. The van der Waals surface area contributed by atoms with Crippen LogP contribution in [0.2, 0.25) is 0 Å². The summed E-state index contributed by atoms with van der Waals surface area (Å²) in [6.07, 6.45) is 10.6. The molecule has 132 valence electrons. The Kier molecular flexibility index (Phi) is 4.22. The summed E-state index contributed by atoms with van der Waals surface area (Å²) in [5.74, 6) is 0.448. The minimum atomic E-state index is 0.310. The largest absolute Gasteiger partial charge is 0.343 e. The molecule has 0 unspecified atom stereocenters. The number of fused-ring (bicyclic) bond motifs is 1. The molecule has 7 nitrogen and oxygen atoms in total. The van der Waals surface area contributed by atoms with Crippen LogP contribution >= 0.6 is 0 Å². The van der Waals surface area contributed by atoms with Gasteiger partial charge in [0.25, 0.3) is 0 Å². The number of pyridine rings is 2.